The fourth-order valence-electron chi connectivity index (χ4n) is 2.43. The van der Waals surface area contributed by atoms with Crippen molar-refractivity contribution in [2.45, 2.75) is 0 Å². The molecule has 0 spiro atoms. The van der Waals surface area contributed by atoms with Gasteiger partial charge in [-0.05, 0) is 35.9 Å². The first-order valence-corrected chi connectivity index (χ1v) is 8.18. The number of phenols is 1. The molecule has 0 aliphatic rings. The average Bonchev–Trinajstić information content (AvgIpc) is 2.62. The largest absolute Gasteiger partial charge is 0.500 e. The fourth-order valence-corrected chi connectivity index (χ4v) is 2.81. The lowest BCUT2D eigenvalue weighted by atomic mass is 10.1. The van der Waals surface area contributed by atoms with E-state index in [4.69, 9.17) is 27.9 Å². The molecule has 0 amide bonds. The molecule has 1 heterocycles. The van der Waals surface area contributed by atoms with E-state index in [2.05, 4.69) is 9.97 Å². The zero-order chi connectivity index (χ0) is 19.7. The molecule has 1 aromatic heterocycles. The fraction of sp³-hybridized carbons (Fsp3) is 0.0588. The van der Waals surface area contributed by atoms with Gasteiger partial charge >= 0.3 is 5.69 Å². The van der Waals surface area contributed by atoms with Gasteiger partial charge in [0.25, 0.3) is 5.56 Å². The maximum Gasteiger partial charge on any atom is 0.315 e. The molecule has 2 N–H and O–H groups in total. The molecule has 0 bridgehead atoms. The number of hydrogen-bond donors (Lipinski definition) is 2. The third-order valence-corrected chi connectivity index (χ3v) is 4.21. The standard InChI is InChI=1S/C17H11Cl2N3O5/c1-27-14-6-8(5-13(15(14)23)22(25)26)4-11(19)16-20-12-7-9(18)2-3-10(12)17(24)21-16/h2-7,23H,1H3,(H,20,21,24)/b11-4-. The summed E-state index contributed by atoms with van der Waals surface area (Å²) < 4.78 is 4.94. The van der Waals surface area contributed by atoms with Crippen molar-refractivity contribution in [2.24, 2.45) is 0 Å². The van der Waals surface area contributed by atoms with Gasteiger partial charge in [-0.3, -0.25) is 14.9 Å². The number of nitro groups is 1. The van der Waals surface area contributed by atoms with Crippen molar-refractivity contribution in [3.63, 3.8) is 0 Å². The number of aromatic hydroxyl groups is 1. The lowest BCUT2D eigenvalue weighted by Gasteiger charge is -2.06. The molecule has 0 fully saturated rings. The predicted molar refractivity (Wildman–Crippen MR) is 102 cm³/mol. The number of fused-ring (bicyclic) bond motifs is 1. The number of H-pyrrole nitrogens is 1. The topological polar surface area (TPSA) is 118 Å². The van der Waals surface area contributed by atoms with E-state index < -0.39 is 21.9 Å². The zero-order valence-corrected chi connectivity index (χ0v) is 15.2. The molecule has 0 aliphatic heterocycles. The van der Waals surface area contributed by atoms with Gasteiger partial charge in [-0.2, -0.15) is 0 Å². The minimum absolute atomic E-state index is 0.0241. The van der Waals surface area contributed by atoms with Crippen molar-refractivity contribution < 1.29 is 14.8 Å². The van der Waals surface area contributed by atoms with E-state index in [1.165, 1.54) is 25.3 Å². The van der Waals surface area contributed by atoms with E-state index in [1.54, 1.807) is 12.1 Å². The molecule has 138 valence electrons. The van der Waals surface area contributed by atoms with Gasteiger partial charge in [-0.25, -0.2) is 4.98 Å². The quantitative estimate of drug-likeness (QED) is 0.499. The van der Waals surface area contributed by atoms with Crippen LogP contribution >= 0.6 is 23.2 Å². The highest BCUT2D eigenvalue weighted by Gasteiger charge is 2.19. The molecule has 8 nitrogen and oxygen atoms in total. The number of aromatic amines is 1. The Bertz CT molecular complexity index is 1160. The van der Waals surface area contributed by atoms with Crippen molar-refractivity contribution >= 4 is 50.9 Å². The van der Waals surface area contributed by atoms with Crippen LogP contribution in [-0.4, -0.2) is 27.1 Å². The van der Waals surface area contributed by atoms with Gasteiger partial charge in [0, 0.05) is 11.1 Å². The summed E-state index contributed by atoms with van der Waals surface area (Å²) in [4.78, 5) is 29.3. The summed E-state index contributed by atoms with van der Waals surface area (Å²) >= 11 is 12.2. The molecule has 3 rings (SSSR count). The predicted octanol–water partition coefficient (Wildman–Crippen LogP) is 3.94. The van der Waals surface area contributed by atoms with Gasteiger partial charge in [0.2, 0.25) is 5.75 Å². The van der Waals surface area contributed by atoms with E-state index in [0.717, 1.165) is 6.07 Å². The van der Waals surface area contributed by atoms with Gasteiger partial charge in [-0.15, -0.1) is 0 Å². The Morgan fingerprint density at radius 3 is 2.78 bits per heavy atom. The van der Waals surface area contributed by atoms with Crippen molar-refractivity contribution in [1.29, 1.82) is 0 Å². The Balaban J connectivity index is 2.13. The maximum atomic E-state index is 12.2. The van der Waals surface area contributed by atoms with E-state index >= 15 is 0 Å². The Labute approximate surface area is 161 Å². The smallest absolute Gasteiger partial charge is 0.315 e. The Morgan fingerprint density at radius 2 is 2.11 bits per heavy atom. The zero-order valence-electron chi connectivity index (χ0n) is 13.7. The van der Waals surface area contributed by atoms with Gasteiger partial charge in [-0.1, -0.05) is 23.2 Å². The first-order valence-electron chi connectivity index (χ1n) is 7.42. The second-order valence-corrected chi connectivity index (χ2v) is 6.26. The first-order chi connectivity index (χ1) is 12.8. The molecule has 0 radical (unpaired) electrons. The summed E-state index contributed by atoms with van der Waals surface area (Å²) in [6.45, 7) is 0. The van der Waals surface area contributed by atoms with Crippen LogP contribution in [0.3, 0.4) is 0 Å². The van der Waals surface area contributed by atoms with Crippen molar-refractivity contribution in [2.75, 3.05) is 7.11 Å². The highest BCUT2D eigenvalue weighted by molar-refractivity contribution is 6.50. The highest BCUT2D eigenvalue weighted by atomic mass is 35.5. The Morgan fingerprint density at radius 1 is 1.37 bits per heavy atom. The van der Waals surface area contributed by atoms with Crippen molar-refractivity contribution in [3.8, 4) is 11.5 Å². The third-order valence-electron chi connectivity index (χ3n) is 3.68. The lowest BCUT2D eigenvalue weighted by Crippen LogP contribution is -2.10. The van der Waals surface area contributed by atoms with Crippen LogP contribution < -0.4 is 10.3 Å². The number of ether oxygens (including phenoxy) is 1. The monoisotopic (exact) mass is 407 g/mol. The molecule has 0 saturated carbocycles. The summed E-state index contributed by atoms with van der Waals surface area (Å²) in [7, 11) is 1.26. The number of aromatic nitrogens is 2. The van der Waals surface area contributed by atoms with E-state index in [1.807, 2.05) is 0 Å². The molecule has 10 heteroatoms. The van der Waals surface area contributed by atoms with Gasteiger partial charge < -0.3 is 14.8 Å². The van der Waals surface area contributed by atoms with Crippen LogP contribution in [0.5, 0.6) is 11.5 Å². The van der Waals surface area contributed by atoms with Gasteiger partial charge in [0.05, 0.1) is 28.0 Å². The van der Waals surface area contributed by atoms with Crippen molar-refractivity contribution in [3.05, 3.63) is 67.2 Å². The van der Waals surface area contributed by atoms with Crippen LogP contribution in [0.1, 0.15) is 11.4 Å². The molecule has 0 atom stereocenters. The summed E-state index contributed by atoms with van der Waals surface area (Å²) in [6.07, 6.45) is 1.35. The summed E-state index contributed by atoms with van der Waals surface area (Å²) in [5.41, 5.74) is -0.332. The van der Waals surface area contributed by atoms with Crippen LogP contribution in [0, 0.1) is 10.1 Å². The van der Waals surface area contributed by atoms with E-state index in [9.17, 15) is 20.0 Å². The molecule has 0 aliphatic carbocycles. The number of methoxy groups -OCH3 is 1. The van der Waals surface area contributed by atoms with Crippen LogP contribution in [0.25, 0.3) is 22.0 Å². The lowest BCUT2D eigenvalue weighted by molar-refractivity contribution is -0.386. The average molecular weight is 408 g/mol. The molecular weight excluding hydrogens is 397 g/mol. The summed E-state index contributed by atoms with van der Waals surface area (Å²) in [5, 5.41) is 21.7. The van der Waals surface area contributed by atoms with Crippen LogP contribution in [-0.2, 0) is 0 Å². The first kappa shape index (κ1) is 18.7. The van der Waals surface area contributed by atoms with E-state index in [-0.39, 0.29) is 22.2 Å². The molecule has 3 aromatic rings. The number of halogens is 2. The summed E-state index contributed by atoms with van der Waals surface area (Å²) in [5.74, 6) is -0.625. The SMILES string of the molecule is COc1cc(/C=C(\Cl)c2nc3cc(Cl)ccc3c(=O)[nH]2)cc([N+](=O)[O-])c1O. The molecule has 0 saturated heterocycles. The van der Waals surface area contributed by atoms with Crippen LogP contribution in [0.15, 0.2) is 35.1 Å². The normalized spacial score (nSPS) is 11.6. The number of nitrogens with zero attached hydrogens (tertiary/aromatic N) is 2. The second-order valence-electron chi connectivity index (χ2n) is 5.42. The van der Waals surface area contributed by atoms with Gasteiger partial charge in [0.1, 0.15) is 0 Å². The van der Waals surface area contributed by atoms with Crippen molar-refractivity contribution in [1.82, 2.24) is 9.97 Å². The Hall–Kier alpha value is -3.10. The minimum Gasteiger partial charge on any atom is -0.500 e. The van der Waals surface area contributed by atoms with Gasteiger partial charge in [0.15, 0.2) is 11.6 Å². The second kappa shape index (κ2) is 7.26. The van der Waals surface area contributed by atoms with E-state index in [0.29, 0.717) is 15.9 Å². The maximum absolute atomic E-state index is 12.2. The highest BCUT2D eigenvalue weighted by Crippen LogP contribution is 2.38. The molecule has 0 unspecified atom stereocenters. The number of rotatable bonds is 4. The molecular formula is C17H11Cl2N3O5. The number of hydrogen-bond acceptors (Lipinski definition) is 6. The number of nitro benzene ring substituents is 1. The number of benzene rings is 2. The third kappa shape index (κ3) is 3.71. The minimum atomic E-state index is -0.749. The summed E-state index contributed by atoms with van der Waals surface area (Å²) in [6, 6.07) is 7.12. The molecule has 2 aromatic carbocycles. The number of phenolic OH excluding ortho intramolecular Hbond substituents is 1. The van der Waals surface area contributed by atoms with Crippen LogP contribution in [0.2, 0.25) is 5.02 Å². The Kier molecular flexibility index (Phi) is 5.02. The van der Waals surface area contributed by atoms with Crippen LogP contribution in [0.4, 0.5) is 5.69 Å². The number of nitrogens with one attached hydrogen (secondary N) is 1. The molecule has 27 heavy (non-hydrogen) atoms.